The number of carbonyl (C=O) groups is 1. The van der Waals surface area contributed by atoms with E-state index in [1.807, 2.05) is 0 Å². The normalized spacial score (nSPS) is 14.6. The quantitative estimate of drug-likeness (QED) is 0.662. The van der Waals surface area contributed by atoms with Gasteiger partial charge in [0.1, 0.15) is 5.01 Å². The average Bonchev–Trinajstić information content (AvgIpc) is 3.18. The van der Waals surface area contributed by atoms with E-state index in [0.717, 1.165) is 31.9 Å². The van der Waals surface area contributed by atoms with Gasteiger partial charge in [0.15, 0.2) is 5.56 Å². The minimum Gasteiger partial charge on any atom is -0.477 e. The summed E-state index contributed by atoms with van der Waals surface area (Å²) in [6.45, 7) is 3.36. The van der Waals surface area contributed by atoms with Crippen molar-refractivity contribution in [3.8, 4) is 0 Å². The zero-order chi connectivity index (χ0) is 19.0. The largest absolute Gasteiger partial charge is 0.477 e. The number of aromatic nitrogens is 2. The smallest absolute Gasteiger partial charge is 0.344 e. The molecule has 2 aromatic heterocycles. The summed E-state index contributed by atoms with van der Waals surface area (Å²) in [6, 6.07) is 5.12. The van der Waals surface area contributed by atoms with Crippen LogP contribution >= 0.6 is 11.3 Å². The Morgan fingerprint density at radius 3 is 2.78 bits per heavy atom. The van der Waals surface area contributed by atoms with Gasteiger partial charge in [0, 0.05) is 48.8 Å². The highest BCUT2D eigenvalue weighted by Crippen LogP contribution is 2.24. The van der Waals surface area contributed by atoms with Gasteiger partial charge in [0.2, 0.25) is 11.4 Å². The second-order valence-corrected chi connectivity index (χ2v) is 7.23. The lowest BCUT2D eigenvalue weighted by Gasteiger charge is -2.29. The third-order valence-electron chi connectivity index (χ3n) is 4.66. The van der Waals surface area contributed by atoms with Crippen molar-refractivity contribution in [1.29, 1.82) is 0 Å². The molecule has 0 aliphatic carbocycles. The molecule has 9 heteroatoms. The molecule has 0 saturated carbocycles. The van der Waals surface area contributed by atoms with E-state index in [4.69, 9.17) is 0 Å². The standard InChI is InChI=1S/C18H17FN4O3S/c19-17-15(18(25)26)16(24)12-2-1-11(22-6-3-20-4-7-22)9-13(12)23(17)10-14-21-5-8-27-14/h1-2,5,8-9,20H,3-4,6-7,10H2,(H,25,26). The van der Waals surface area contributed by atoms with Crippen molar-refractivity contribution in [3.63, 3.8) is 0 Å². The number of fused-ring (bicyclic) bond motifs is 1. The average molecular weight is 388 g/mol. The topological polar surface area (TPSA) is 87.5 Å². The Morgan fingerprint density at radius 2 is 2.11 bits per heavy atom. The van der Waals surface area contributed by atoms with Gasteiger partial charge >= 0.3 is 5.97 Å². The molecule has 7 nitrogen and oxygen atoms in total. The van der Waals surface area contributed by atoms with Crippen LogP contribution in [-0.2, 0) is 6.54 Å². The molecule has 1 aliphatic heterocycles. The van der Waals surface area contributed by atoms with E-state index < -0.39 is 22.9 Å². The van der Waals surface area contributed by atoms with E-state index in [2.05, 4.69) is 15.2 Å². The Kier molecular flexibility index (Phi) is 4.63. The molecule has 4 rings (SSSR count). The number of piperazine rings is 1. The summed E-state index contributed by atoms with van der Waals surface area (Å²) < 4.78 is 16.2. The van der Waals surface area contributed by atoms with Gasteiger partial charge in [0.05, 0.1) is 12.1 Å². The van der Waals surface area contributed by atoms with E-state index in [-0.39, 0.29) is 11.9 Å². The number of anilines is 1. The Bertz CT molecular complexity index is 1060. The third kappa shape index (κ3) is 3.19. The summed E-state index contributed by atoms with van der Waals surface area (Å²) in [6.07, 6.45) is 1.60. The minimum atomic E-state index is -1.57. The molecule has 27 heavy (non-hydrogen) atoms. The molecule has 0 bridgehead atoms. The van der Waals surface area contributed by atoms with Gasteiger partial charge in [-0.05, 0) is 18.2 Å². The molecule has 140 valence electrons. The van der Waals surface area contributed by atoms with Gasteiger partial charge in [-0.2, -0.15) is 4.39 Å². The van der Waals surface area contributed by atoms with Crippen molar-refractivity contribution in [2.75, 3.05) is 31.1 Å². The number of rotatable bonds is 4. The van der Waals surface area contributed by atoms with Crippen molar-refractivity contribution in [1.82, 2.24) is 14.9 Å². The number of thiazole rings is 1. The SMILES string of the molecule is O=C(O)c1c(F)n(Cc2nccs2)c2cc(N3CCNCC3)ccc2c1=O. The molecular weight excluding hydrogens is 371 g/mol. The predicted octanol–water partition coefficient (Wildman–Crippen LogP) is 1.75. The minimum absolute atomic E-state index is 0.0611. The Morgan fingerprint density at radius 1 is 1.33 bits per heavy atom. The van der Waals surface area contributed by atoms with Gasteiger partial charge in [-0.25, -0.2) is 9.78 Å². The molecule has 1 aliphatic rings. The van der Waals surface area contributed by atoms with E-state index in [9.17, 15) is 14.7 Å². The lowest BCUT2D eigenvalue weighted by molar-refractivity contribution is 0.0688. The van der Waals surface area contributed by atoms with Gasteiger partial charge in [-0.3, -0.25) is 4.79 Å². The van der Waals surface area contributed by atoms with Crippen LogP contribution in [0.25, 0.3) is 10.9 Å². The van der Waals surface area contributed by atoms with Crippen molar-refractivity contribution in [2.45, 2.75) is 6.54 Å². The number of pyridine rings is 1. The van der Waals surface area contributed by atoms with Crippen molar-refractivity contribution >= 4 is 33.9 Å². The summed E-state index contributed by atoms with van der Waals surface area (Å²) in [4.78, 5) is 30.3. The molecule has 0 unspecified atom stereocenters. The van der Waals surface area contributed by atoms with Gasteiger partial charge in [-0.1, -0.05) is 0 Å². The number of aromatic carboxylic acids is 1. The molecule has 3 heterocycles. The van der Waals surface area contributed by atoms with Gasteiger partial charge in [0.25, 0.3) is 0 Å². The van der Waals surface area contributed by atoms with Crippen LogP contribution in [0.3, 0.4) is 0 Å². The van der Waals surface area contributed by atoms with Crippen LogP contribution in [0, 0.1) is 5.95 Å². The Balaban J connectivity index is 1.94. The molecule has 1 aromatic carbocycles. The fourth-order valence-electron chi connectivity index (χ4n) is 3.33. The number of nitrogens with zero attached hydrogens (tertiary/aromatic N) is 3. The lowest BCUT2D eigenvalue weighted by atomic mass is 10.1. The fourth-order valence-corrected chi connectivity index (χ4v) is 3.93. The second kappa shape index (κ2) is 7.09. The predicted molar refractivity (Wildman–Crippen MR) is 101 cm³/mol. The van der Waals surface area contributed by atoms with Gasteiger partial charge < -0.3 is 19.9 Å². The molecule has 0 atom stereocenters. The highest BCUT2D eigenvalue weighted by molar-refractivity contribution is 7.09. The van der Waals surface area contributed by atoms with Crippen LogP contribution in [0.5, 0.6) is 0 Å². The van der Waals surface area contributed by atoms with Crippen LogP contribution in [0.4, 0.5) is 10.1 Å². The van der Waals surface area contributed by atoms with Crippen LogP contribution in [0.15, 0.2) is 34.6 Å². The number of hydrogen-bond acceptors (Lipinski definition) is 6. The molecular formula is C18H17FN4O3S. The van der Waals surface area contributed by atoms with E-state index in [1.54, 1.807) is 29.8 Å². The highest BCUT2D eigenvalue weighted by atomic mass is 32.1. The monoisotopic (exact) mass is 388 g/mol. The molecule has 1 saturated heterocycles. The highest BCUT2D eigenvalue weighted by Gasteiger charge is 2.23. The number of hydrogen-bond donors (Lipinski definition) is 2. The third-order valence-corrected chi connectivity index (χ3v) is 5.42. The summed E-state index contributed by atoms with van der Waals surface area (Å²) in [5.74, 6) is -2.62. The maximum Gasteiger partial charge on any atom is 0.344 e. The van der Waals surface area contributed by atoms with E-state index in [1.165, 1.54) is 15.9 Å². The van der Waals surface area contributed by atoms with Crippen molar-refractivity contribution in [2.24, 2.45) is 0 Å². The summed E-state index contributed by atoms with van der Waals surface area (Å²) >= 11 is 1.34. The van der Waals surface area contributed by atoms with Gasteiger partial charge in [-0.15, -0.1) is 11.3 Å². The molecule has 0 amide bonds. The van der Waals surface area contributed by atoms with Crippen molar-refractivity contribution in [3.05, 3.63) is 56.5 Å². The Labute approximate surface area is 157 Å². The van der Waals surface area contributed by atoms with Crippen molar-refractivity contribution < 1.29 is 14.3 Å². The number of benzene rings is 1. The van der Waals surface area contributed by atoms with Crippen LogP contribution < -0.4 is 15.6 Å². The fraction of sp³-hybridized carbons (Fsp3) is 0.278. The first-order valence-electron chi connectivity index (χ1n) is 8.49. The van der Waals surface area contributed by atoms with Crippen LogP contribution in [0.2, 0.25) is 0 Å². The van der Waals surface area contributed by atoms with E-state index >= 15 is 4.39 Å². The first-order valence-corrected chi connectivity index (χ1v) is 9.37. The zero-order valence-electron chi connectivity index (χ0n) is 14.3. The number of carboxylic acids is 1. The molecule has 0 radical (unpaired) electrons. The second-order valence-electron chi connectivity index (χ2n) is 6.25. The summed E-state index contributed by atoms with van der Waals surface area (Å²) in [5.41, 5.74) is -0.404. The molecule has 3 aromatic rings. The number of nitrogens with one attached hydrogen (secondary N) is 1. The van der Waals surface area contributed by atoms with Crippen LogP contribution in [-0.4, -0.2) is 46.8 Å². The summed E-state index contributed by atoms with van der Waals surface area (Å²) in [7, 11) is 0. The first-order chi connectivity index (χ1) is 13.1. The first kappa shape index (κ1) is 17.6. The number of halogens is 1. The number of carboxylic acid groups (broad SMARTS) is 1. The lowest BCUT2D eigenvalue weighted by Crippen LogP contribution is -2.43. The molecule has 1 fully saturated rings. The zero-order valence-corrected chi connectivity index (χ0v) is 15.1. The maximum atomic E-state index is 15.0. The maximum absolute atomic E-state index is 15.0. The summed E-state index contributed by atoms with van der Waals surface area (Å²) in [5, 5.41) is 15.2. The molecule has 0 spiro atoms. The molecule has 2 N–H and O–H groups in total. The Hall–Kier alpha value is -2.78. The van der Waals surface area contributed by atoms with Crippen LogP contribution in [0.1, 0.15) is 15.4 Å². The van der Waals surface area contributed by atoms with E-state index in [0.29, 0.717) is 10.5 Å².